The third-order valence-electron chi connectivity index (χ3n) is 5.75. The number of hydrogen-bond donors (Lipinski definition) is 0. The number of piperazine rings is 1. The third kappa shape index (κ3) is 3.69. The van der Waals surface area contributed by atoms with Gasteiger partial charge in [-0.15, -0.1) is 11.3 Å². The lowest BCUT2D eigenvalue weighted by Crippen LogP contribution is -2.45. The molecule has 0 amide bonds. The Hall–Kier alpha value is -2.25. The highest BCUT2D eigenvalue weighted by molar-refractivity contribution is 7.11. The van der Waals surface area contributed by atoms with Gasteiger partial charge in [0.15, 0.2) is 0 Å². The summed E-state index contributed by atoms with van der Waals surface area (Å²) in [6.45, 7) is 7.89. The molecular formula is C21H25N5OS. The second kappa shape index (κ2) is 7.29. The van der Waals surface area contributed by atoms with Gasteiger partial charge < -0.3 is 4.90 Å². The normalized spacial score (nSPS) is 18.1. The molecule has 2 aliphatic rings. The van der Waals surface area contributed by atoms with Crippen molar-refractivity contribution in [3.8, 4) is 0 Å². The summed E-state index contributed by atoms with van der Waals surface area (Å²) >= 11 is 1.78. The highest BCUT2D eigenvalue weighted by Gasteiger charge is 2.23. The van der Waals surface area contributed by atoms with E-state index in [4.69, 9.17) is 0 Å². The highest BCUT2D eigenvalue weighted by atomic mass is 32.1. The summed E-state index contributed by atoms with van der Waals surface area (Å²) in [4.78, 5) is 27.8. The first-order valence-electron chi connectivity index (χ1n) is 10.0. The van der Waals surface area contributed by atoms with Crippen LogP contribution < -0.4 is 10.5 Å². The van der Waals surface area contributed by atoms with Gasteiger partial charge in [0.1, 0.15) is 0 Å². The van der Waals surface area contributed by atoms with Gasteiger partial charge in [-0.05, 0) is 43.9 Å². The number of fused-ring (bicyclic) bond motifs is 1. The summed E-state index contributed by atoms with van der Waals surface area (Å²) in [6.07, 6.45) is 6.19. The molecule has 28 heavy (non-hydrogen) atoms. The van der Waals surface area contributed by atoms with E-state index in [1.54, 1.807) is 22.2 Å². The van der Waals surface area contributed by atoms with E-state index in [0.717, 1.165) is 60.9 Å². The molecule has 7 heteroatoms. The number of thiazole rings is 1. The molecule has 146 valence electrons. The zero-order chi connectivity index (χ0) is 19.1. The first-order chi connectivity index (χ1) is 13.7. The van der Waals surface area contributed by atoms with Crippen LogP contribution in [0.2, 0.25) is 0 Å². The van der Waals surface area contributed by atoms with Gasteiger partial charge in [-0.3, -0.25) is 14.3 Å². The largest absolute Gasteiger partial charge is 0.369 e. The maximum absolute atomic E-state index is 12.7. The van der Waals surface area contributed by atoms with Crippen molar-refractivity contribution >= 4 is 27.9 Å². The third-order valence-corrected chi connectivity index (χ3v) is 6.64. The van der Waals surface area contributed by atoms with E-state index in [2.05, 4.69) is 38.8 Å². The molecule has 0 atom stereocenters. The molecule has 3 aromatic rings. The molecule has 0 bridgehead atoms. The smallest absolute Gasteiger partial charge is 0.261 e. The number of hydrogen-bond acceptors (Lipinski definition) is 6. The van der Waals surface area contributed by atoms with Crippen molar-refractivity contribution in [2.45, 2.75) is 32.9 Å². The van der Waals surface area contributed by atoms with Crippen molar-refractivity contribution in [2.24, 2.45) is 5.92 Å². The monoisotopic (exact) mass is 395 g/mol. The predicted molar refractivity (Wildman–Crippen MR) is 113 cm³/mol. The average Bonchev–Trinajstić information content (AvgIpc) is 3.44. The minimum atomic E-state index is 0.0909. The number of benzene rings is 1. The van der Waals surface area contributed by atoms with Crippen LogP contribution in [0.3, 0.4) is 0 Å². The number of rotatable bonds is 5. The topological polar surface area (TPSA) is 54.3 Å². The minimum absolute atomic E-state index is 0.0909. The molecule has 0 N–H and O–H groups in total. The summed E-state index contributed by atoms with van der Waals surface area (Å²) in [6, 6.07) is 6.10. The van der Waals surface area contributed by atoms with E-state index < -0.39 is 0 Å². The van der Waals surface area contributed by atoms with Crippen molar-refractivity contribution in [2.75, 3.05) is 31.1 Å². The first kappa shape index (κ1) is 17.8. The minimum Gasteiger partial charge on any atom is -0.369 e. The highest BCUT2D eigenvalue weighted by Crippen LogP contribution is 2.30. The van der Waals surface area contributed by atoms with Gasteiger partial charge in [0.25, 0.3) is 5.56 Å². The molecular weight excluding hydrogens is 370 g/mol. The number of aryl methyl sites for hydroxylation is 1. The standard InChI is InChI=1S/C21H25N5OS/c1-15-22-11-18(28-15)13-24-6-8-25(9-7-24)17-4-5-19-20(10-17)23-14-26(21(19)27)12-16-2-3-16/h4-5,10-11,14,16H,2-3,6-9,12-13H2,1H3. The Morgan fingerprint density at radius 3 is 2.68 bits per heavy atom. The van der Waals surface area contributed by atoms with Gasteiger partial charge in [-0.1, -0.05) is 0 Å². The van der Waals surface area contributed by atoms with E-state index in [-0.39, 0.29) is 5.56 Å². The maximum Gasteiger partial charge on any atom is 0.261 e. The van der Waals surface area contributed by atoms with Crippen LogP contribution in [0.1, 0.15) is 22.7 Å². The zero-order valence-corrected chi connectivity index (χ0v) is 17.0. The summed E-state index contributed by atoms with van der Waals surface area (Å²) < 4.78 is 1.78. The van der Waals surface area contributed by atoms with E-state index in [0.29, 0.717) is 5.92 Å². The quantitative estimate of drug-likeness (QED) is 0.665. The first-order valence-corrected chi connectivity index (χ1v) is 10.9. The van der Waals surface area contributed by atoms with Crippen molar-refractivity contribution in [1.82, 2.24) is 19.4 Å². The van der Waals surface area contributed by atoms with Crippen molar-refractivity contribution in [3.63, 3.8) is 0 Å². The van der Waals surface area contributed by atoms with Crippen LogP contribution in [-0.2, 0) is 13.1 Å². The summed E-state index contributed by atoms with van der Waals surface area (Å²) in [7, 11) is 0. The Labute approximate surface area is 168 Å². The fourth-order valence-electron chi connectivity index (χ4n) is 3.92. The van der Waals surface area contributed by atoms with Gasteiger partial charge in [0.05, 0.1) is 22.2 Å². The fourth-order valence-corrected chi connectivity index (χ4v) is 4.75. The maximum atomic E-state index is 12.7. The average molecular weight is 396 g/mol. The van der Waals surface area contributed by atoms with Crippen LogP contribution in [0.4, 0.5) is 5.69 Å². The molecule has 0 spiro atoms. The fraction of sp³-hybridized carbons (Fsp3) is 0.476. The molecule has 1 aliphatic heterocycles. The number of anilines is 1. The second-order valence-corrected chi connectivity index (χ2v) is 9.28. The van der Waals surface area contributed by atoms with Gasteiger partial charge in [0.2, 0.25) is 0 Å². The summed E-state index contributed by atoms with van der Waals surface area (Å²) in [5.74, 6) is 0.668. The van der Waals surface area contributed by atoms with Crippen LogP contribution >= 0.6 is 11.3 Å². The number of aromatic nitrogens is 3. The zero-order valence-electron chi connectivity index (χ0n) is 16.2. The lowest BCUT2D eigenvalue weighted by molar-refractivity contribution is 0.252. The lowest BCUT2D eigenvalue weighted by atomic mass is 10.2. The summed E-state index contributed by atoms with van der Waals surface area (Å²) in [5, 5.41) is 1.86. The molecule has 2 fully saturated rings. The molecule has 2 aromatic heterocycles. The number of nitrogens with zero attached hydrogens (tertiary/aromatic N) is 5. The van der Waals surface area contributed by atoms with Gasteiger partial charge in [-0.25, -0.2) is 9.97 Å². The van der Waals surface area contributed by atoms with Crippen LogP contribution in [0.15, 0.2) is 35.5 Å². The van der Waals surface area contributed by atoms with E-state index in [1.165, 1.54) is 17.7 Å². The molecule has 0 unspecified atom stereocenters. The SMILES string of the molecule is Cc1ncc(CN2CCN(c3ccc4c(=O)n(CC5CC5)cnc4c3)CC2)s1. The van der Waals surface area contributed by atoms with Crippen molar-refractivity contribution < 1.29 is 0 Å². The van der Waals surface area contributed by atoms with Crippen molar-refractivity contribution in [1.29, 1.82) is 0 Å². The van der Waals surface area contributed by atoms with E-state index in [1.807, 2.05) is 12.3 Å². The van der Waals surface area contributed by atoms with E-state index >= 15 is 0 Å². The summed E-state index contributed by atoms with van der Waals surface area (Å²) in [5.41, 5.74) is 2.05. The van der Waals surface area contributed by atoms with Crippen LogP contribution in [0.25, 0.3) is 10.9 Å². The molecule has 1 aliphatic carbocycles. The van der Waals surface area contributed by atoms with Crippen LogP contribution in [-0.4, -0.2) is 45.6 Å². The van der Waals surface area contributed by atoms with Crippen LogP contribution in [0, 0.1) is 12.8 Å². The van der Waals surface area contributed by atoms with Crippen LogP contribution in [0.5, 0.6) is 0 Å². The molecule has 0 radical (unpaired) electrons. The molecule has 1 aromatic carbocycles. The molecule has 1 saturated carbocycles. The van der Waals surface area contributed by atoms with Gasteiger partial charge in [0, 0.05) is 56.0 Å². The Bertz CT molecular complexity index is 1050. The molecule has 1 saturated heterocycles. The predicted octanol–water partition coefficient (Wildman–Crippen LogP) is 2.89. The Morgan fingerprint density at radius 1 is 1.14 bits per heavy atom. The van der Waals surface area contributed by atoms with Gasteiger partial charge in [-0.2, -0.15) is 0 Å². The Morgan fingerprint density at radius 2 is 1.96 bits per heavy atom. The van der Waals surface area contributed by atoms with Gasteiger partial charge >= 0.3 is 0 Å². The lowest BCUT2D eigenvalue weighted by Gasteiger charge is -2.35. The second-order valence-electron chi connectivity index (χ2n) is 7.96. The Kier molecular flexibility index (Phi) is 4.64. The molecule has 6 nitrogen and oxygen atoms in total. The van der Waals surface area contributed by atoms with Crippen molar-refractivity contribution in [3.05, 3.63) is 51.0 Å². The molecule has 3 heterocycles. The Balaban J connectivity index is 1.28. The van der Waals surface area contributed by atoms with E-state index in [9.17, 15) is 4.79 Å². The molecule has 5 rings (SSSR count).